The van der Waals surface area contributed by atoms with Crippen molar-refractivity contribution >= 4 is 6.03 Å². The molecule has 0 atom stereocenters. The zero-order chi connectivity index (χ0) is 19.0. The molecule has 2 fully saturated rings. The summed E-state index contributed by atoms with van der Waals surface area (Å²) in [6.45, 7) is 4.44. The Bertz CT molecular complexity index is 564. The first kappa shape index (κ1) is 20.2. The van der Waals surface area contributed by atoms with Gasteiger partial charge in [0, 0.05) is 19.6 Å². The van der Waals surface area contributed by atoms with Crippen LogP contribution in [-0.4, -0.2) is 54.4 Å². The molecule has 3 rings (SSSR count). The lowest BCUT2D eigenvalue weighted by Gasteiger charge is -2.33. The maximum Gasteiger partial charge on any atom is 0.314 e. The highest BCUT2D eigenvalue weighted by Gasteiger charge is 2.29. The molecule has 150 valence electrons. The van der Waals surface area contributed by atoms with Crippen LogP contribution in [0.3, 0.4) is 0 Å². The summed E-state index contributed by atoms with van der Waals surface area (Å²) in [6.07, 6.45) is 8.29. The molecule has 3 N–H and O–H groups in total. The molecule has 5 heteroatoms. The Kier molecular flexibility index (Phi) is 7.53. The van der Waals surface area contributed by atoms with E-state index in [1.54, 1.807) is 0 Å². The number of piperidine rings is 1. The molecule has 5 nitrogen and oxygen atoms in total. The number of amides is 2. The molecule has 1 saturated heterocycles. The predicted octanol–water partition coefficient (Wildman–Crippen LogP) is 2.94. The van der Waals surface area contributed by atoms with Crippen molar-refractivity contribution < 1.29 is 9.90 Å². The lowest BCUT2D eigenvalue weighted by atomic mass is 9.85. The molecule has 1 aromatic rings. The van der Waals surface area contributed by atoms with Gasteiger partial charge in [-0.1, -0.05) is 49.6 Å². The van der Waals surface area contributed by atoms with Crippen molar-refractivity contribution in [1.82, 2.24) is 15.5 Å². The Balaban J connectivity index is 1.27. The van der Waals surface area contributed by atoms with Crippen LogP contribution in [0.25, 0.3) is 0 Å². The molecule has 1 aliphatic heterocycles. The molecule has 2 aliphatic rings. The Morgan fingerprint density at radius 2 is 1.78 bits per heavy atom. The minimum Gasteiger partial charge on any atom is -0.388 e. The van der Waals surface area contributed by atoms with E-state index in [1.807, 2.05) is 0 Å². The van der Waals surface area contributed by atoms with Gasteiger partial charge in [0.25, 0.3) is 0 Å². The summed E-state index contributed by atoms with van der Waals surface area (Å²) >= 11 is 0. The van der Waals surface area contributed by atoms with E-state index >= 15 is 0 Å². The van der Waals surface area contributed by atoms with E-state index in [-0.39, 0.29) is 6.03 Å². The monoisotopic (exact) mass is 373 g/mol. The van der Waals surface area contributed by atoms with Gasteiger partial charge in [0.15, 0.2) is 0 Å². The van der Waals surface area contributed by atoms with Gasteiger partial charge in [0.1, 0.15) is 0 Å². The van der Waals surface area contributed by atoms with Crippen molar-refractivity contribution in [3.63, 3.8) is 0 Å². The molecule has 2 amide bonds. The first-order valence-corrected chi connectivity index (χ1v) is 10.6. The molecule has 0 spiro atoms. The van der Waals surface area contributed by atoms with Crippen molar-refractivity contribution in [3.05, 3.63) is 35.9 Å². The quantitative estimate of drug-likeness (QED) is 0.688. The summed E-state index contributed by atoms with van der Waals surface area (Å²) in [5.74, 6) is 0.557. The molecule has 0 bridgehead atoms. The van der Waals surface area contributed by atoms with Gasteiger partial charge in [-0.15, -0.1) is 0 Å². The van der Waals surface area contributed by atoms with Gasteiger partial charge < -0.3 is 20.6 Å². The molecular formula is C22H35N3O2. The molecule has 0 unspecified atom stereocenters. The van der Waals surface area contributed by atoms with E-state index in [0.29, 0.717) is 12.5 Å². The lowest BCUT2D eigenvalue weighted by molar-refractivity contribution is 0.00716. The van der Waals surface area contributed by atoms with Crippen LogP contribution in [0.5, 0.6) is 0 Å². The zero-order valence-electron chi connectivity index (χ0n) is 16.5. The number of carbonyl (C=O) groups is 1. The summed E-state index contributed by atoms with van der Waals surface area (Å²) in [5, 5.41) is 16.3. The predicted molar refractivity (Wildman–Crippen MR) is 109 cm³/mol. The van der Waals surface area contributed by atoms with Crippen molar-refractivity contribution in [3.8, 4) is 0 Å². The van der Waals surface area contributed by atoms with Crippen molar-refractivity contribution in [2.24, 2.45) is 5.92 Å². The number of nitrogens with zero attached hydrogens (tertiary/aromatic N) is 1. The van der Waals surface area contributed by atoms with Crippen LogP contribution in [-0.2, 0) is 6.42 Å². The van der Waals surface area contributed by atoms with Crippen LogP contribution in [0, 0.1) is 5.92 Å². The number of nitrogens with one attached hydrogen (secondary N) is 2. The van der Waals surface area contributed by atoms with Crippen LogP contribution in [0.4, 0.5) is 4.79 Å². The van der Waals surface area contributed by atoms with E-state index in [0.717, 1.165) is 71.1 Å². The minimum atomic E-state index is -0.695. The van der Waals surface area contributed by atoms with Crippen LogP contribution < -0.4 is 10.6 Å². The van der Waals surface area contributed by atoms with Gasteiger partial charge in [-0.25, -0.2) is 4.79 Å². The Labute approximate surface area is 163 Å². The number of hydrogen-bond donors (Lipinski definition) is 3. The van der Waals surface area contributed by atoms with E-state index in [4.69, 9.17) is 0 Å². The normalized spacial score (nSPS) is 20.9. The van der Waals surface area contributed by atoms with Gasteiger partial charge in [-0.3, -0.25) is 0 Å². The van der Waals surface area contributed by atoms with Crippen molar-refractivity contribution in [1.29, 1.82) is 0 Å². The average Bonchev–Trinajstić information content (AvgIpc) is 2.71. The summed E-state index contributed by atoms with van der Waals surface area (Å²) < 4.78 is 0. The van der Waals surface area contributed by atoms with Crippen LogP contribution >= 0.6 is 0 Å². The number of carbonyl (C=O) groups excluding carboxylic acids is 1. The third-order valence-corrected chi connectivity index (χ3v) is 6.18. The maximum atomic E-state index is 12.1. The molecule has 27 heavy (non-hydrogen) atoms. The van der Waals surface area contributed by atoms with E-state index in [9.17, 15) is 9.90 Å². The Morgan fingerprint density at radius 3 is 2.48 bits per heavy atom. The summed E-state index contributed by atoms with van der Waals surface area (Å²) in [5.41, 5.74) is 0.706. The molecule has 0 aromatic heterocycles. The van der Waals surface area contributed by atoms with E-state index in [1.165, 1.54) is 12.0 Å². The van der Waals surface area contributed by atoms with Crippen LogP contribution in [0.1, 0.15) is 50.5 Å². The number of rotatable bonds is 7. The standard InChI is InChI=1S/C22H35N3O2/c26-21(24-18-22(27)12-5-2-6-13-22)23-17-20-10-15-25(16-11-20)14-9-19-7-3-1-4-8-19/h1,3-4,7-8,20,27H,2,5-6,9-18H2,(H2,23,24,26). The number of benzene rings is 1. The second kappa shape index (κ2) is 10.1. The molecule has 1 aliphatic carbocycles. The van der Waals surface area contributed by atoms with Gasteiger partial charge in [0.2, 0.25) is 0 Å². The average molecular weight is 374 g/mol. The fraction of sp³-hybridized carbons (Fsp3) is 0.682. The second-order valence-electron chi connectivity index (χ2n) is 8.37. The molecular weight excluding hydrogens is 338 g/mol. The SMILES string of the molecule is O=C(NCC1CCN(CCc2ccccc2)CC1)NCC1(O)CCCCC1. The largest absolute Gasteiger partial charge is 0.388 e. The molecule has 0 radical (unpaired) electrons. The fourth-order valence-corrected chi connectivity index (χ4v) is 4.28. The highest BCUT2D eigenvalue weighted by Crippen LogP contribution is 2.27. The molecule has 1 aromatic carbocycles. The van der Waals surface area contributed by atoms with E-state index in [2.05, 4.69) is 45.9 Å². The third-order valence-electron chi connectivity index (χ3n) is 6.18. The van der Waals surface area contributed by atoms with Crippen LogP contribution in [0.15, 0.2) is 30.3 Å². The summed E-state index contributed by atoms with van der Waals surface area (Å²) in [7, 11) is 0. The van der Waals surface area contributed by atoms with Gasteiger partial charge in [-0.05, 0) is 56.7 Å². The van der Waals surface area contributed by atoms with Gasteiger partial charge >= 0.3 is 6.03 Å². The fourth-order valence-electron chi connectivity index (χ4n) is 4.28. The van der Waals surface area contributed by atoms with Crippen molar-refractivity contribution in [2.75, 3.05) is 32.7 Å². The highest BCUT2D eigenvalue weighted by molar-refractivity contribution is 5.73. The second-order valence-corrected chi connectivity index (χ2v) is 8.37. The number of urea groups is 1. The molecule has 1 saturated carbocycles. The Morgan fingerprint density at radius 1 is 1.07 bits per heavy atom. The van der Waals surface area contributed by atoms with Gasteiger partial charge in [-0.2, -0.15) is 0 Å². The minimum absolute atomic E-state index is 0.138. The first-order chi connectivity index (χ1) is 13.1. The highest BCUT2D eigenvalue weighted by atomic mass is 16.3. The summed E-state index contributed by atoms with van der Waals surface area (Å²) in [6, 6.07) is 10.5. The lowest BCUT2D eigenvalue weighted by Crippen LogP contribution is -2.48. The zero-order valence-corrected chi connectivity index (χ0v) is 16.5. The molecule has 1 heterocycles. The first-order valence-electron chi connectivity index (χ1n) is 10.6. The number of likely N-dealkylation sites (tertiary alicyclic amines) is 1. The number of aliphatic hydroxyl groups is 1. The summed E-state index contributed by atoms with van der Waals surface area (Å²) in [4.78, 5) is 14.6. The van der Waals surface area contributed by atoms with Crippen molar-refractivity contribution in [2.45, 2.75) is 57.0 Å². The van der Waals surface area contributed by atoms with Gasteiger partial charge in [0.05, 0.1) is 5.60 Å². The Hall–Kier alpha value is -1.59. The smallest absolute Gasteiger partial charge is 0.314 e. The number of hydrogen-bond acceptors (Lipinski definition) is 3. The maximum absolute atomic E-state index is 12.1. The topological polar surface area (TPSA) is 64.6 Å². The van der Waals surface area contributed by atoms with Crippen LogP contribution in [0.2, 0.25) is 0 Å². The van der Waals surface area contributed by atoms with E-state index < -0.39 is 5.60 Å². The third kappa shape index (κ3) is 6.82.